The molecule has 1 unspecified atom stereocenters. The number of ether oxygens (including phenoxy) is 1. The zero-order valence-corrected chi connectivity index (χ0v) is 16.3. The highest BCUT2D eigenvalue weighted by atomic mass is 32.1. The van der Waals surface area contributed by atoms with Crippen LogP contribution in [0.25, 0.3) is 10.9 Å². The summed E-state index contributed by atoms with van der Waals surface area (Å²) in [5.41, 5.74) is 2.62. The van der Waals surface area contributed by atoms with Gasteiger partial charge in [-0.1, -0.05) is 29.5 Å². The predicted octanol–water partition coefficient (Wildman–Crippen LogP) is 4.32. The fraction of sp³-hybridized carbons (Fsp3) is 0.250. The van der Waals surface area contributed by atoms with Crippen LogP contribution >= 0.6 is 11.3 Å². The monoisotopic (exact) mass is 408 g/mol. The molecule has 29 heavy (non-hydrogen) atoms. The van der Waals surface area contributed by atoms with Gasteiger partial charge in [-0.2, -0.15) is 5.01 Å². The molecule has 146 valence electrons. The number of benzene rings is 1. The number of aromatic nitrogens is 1. The number of thiophene rings is 1. The van der Waals surface area contributed by atoms with Gasteiger partial charge in [0.2, 0.25) is 18.0 Å². The number of pyridine rings is 1. The third kappa shape index (κ3) is 3.13. The Morgan fingerprint density at radius 2 is 2.07 bits per heavy atom. The minimum atomic E-state index is -0.822. The number of amides is 1. The molecule has 5 rings (SSSR count). The van der Waals surface area contributed by atoms with Crippen LogP contribution in [0.2, 0.25) is 0 Å². The van der Waals surface area contributed by atoms with Crippen LogP contribution in [-0.2, 0) is 9.53 Å². The number of hydrogen-bond acceptors (Lipinski definition) is 7. The number of carbonyl (C=O) groups excluding carboxylic acids is 1. The van der Waals surface area contributed by atoms with Crippen molar-refractivity contribution in [3.63, 3.8) is 0 Å². The lowest BCUT2D eigenvalue weighted by molar-refractivity contribution is -0.380. The highest BCUT2D eigenvalue weighted by Crippen LogP contribution is 2.42. The molecule has 1 saturated carbocycles. The third-order valence-electron chi connectivity index (χ3n) is 4.96. The smallest absolute Gasteiger partial charge is 0.324 e. The van der Waals surface area contributed by atoms with Gasteiger partial charge in [0.1, 0.15) is 0 Å². The Kier molecular flexibility index (Phi) is 4.06. The molecular formula is C20H16N4O4S. The van der Waals surface area contributed by atoms with Crippen LogP contribution in [0.5, 0.6) is 0 Å². The van der Waals surface area contributed by atoms with Gasteiger partial charge >= 0.3 is 5.00 Å². The second kappa shape index (κ2) is 6.63. The molecule has 1 aromatic carbocycles. The fourth-order valence-electron chi connectivity index (χ4n) is 3.40. The summed E-state index contributed by atoms with van der Waals surface area (Å²) in [4.78, 5) is 28.1. The second-order valence-corrected chi connectivity index (χ2v) is 8.15. The Morgan fingerprint density at radius 1 is 1.28 bits per heavy atom. The summed E-state index contributed by atoms with van der Waals surface area (Å²) in [6.45, 7) is 1.39. The third-order valence-corrected chi connectivity index (χ3v) is 6.03. The van der Waals surface area contributed by atoms with Crippen LogP contribution in [0.3, 0.4) is 0 Å². The Labute approximate surface area is 169 Å². The lowest BCUT2D eigenvalue weighted by Gasteiger charge is -2.17. The van der Waals surface area contributed by atoms with Crippen molar-refractivity contribution in [2.45, 2.75) is 31.9 Å². The molecule has 1 amide bonds. The molecule has 1 atom stereocenters. The van der Waals surface area contributed by atoms with Crippen molar-refractivity contribution in [2.24, 2.45) is 5.10 Å². The highest BCUT2D eigenvalue weighted by Gasteiger charge is 2.36. The van der Waals surface area contributed by atoms with Gasteiger partial charge in [-0.05, 0) is 31.0 Å². The number of rotatable bonds is 4. The molecular weight excluding hydrogens is 392 g/mol. The van der Waals surface area contributed by atoms with Crippen molar-refractivity contribution in [2.75, 3.05) is 0 Å². The first-order valence-electron chi connectivity index (χ1n) is 9.20. The first-order chi connectivity index (χ1) is 14.0. The maximum Gasteiger partial charge on any atom is 0.324 e. The maximum atomic E-state index is 12.2. The van der Waals surface area contributed by atoms with Gasteiger partial charge in [-0.15, -0.1) is 5.10 Å². The molecule has 1 aliphatic carbocycles. The van der Waals surface area contributed by atoms with E-state index < -0.39 is 11.2 Å². The quantitative estimate of drug-likeness (QED) is 0.473. The molecule has 2 aliphatic rings. The van der Waals surface area contributed by atoms with E-state index >= 15 is 0 Å². The lowest BCUT2D eigenvalue weighted by atomic mass is 10.1. The first kappa shape index (κ1) is 17.7. The van der Waals surface area contributed by atoms with Crippen molar-refractivity contribution in [1.82, 2.24) is 9.99 Å². The van der Waals surface area contributed by atoms with Crippen LogP contribution in [-0.4, -0.2) is 26.7 Å². The topological polar surface area (TPSA) is 97.9 Å². The van der Waals surface area contributed by atoms with Gasteiger partial charge in [0.05, 0.1) is 15.3 Å². The molecule has 3 aromatic rings. The fourth-order valence-corrected chi connectivity index (χ4v) is 4.23. The summed E-state index contributed by atoms with van der Waals surface area (Å²) >= 11 is 0.975. The number of hydrogen-bond donors (Lipinski definition) is 0. The van der Waals surface area contributed by atoms with Crippen molar-refractivity contribution in [3.8, 4) is 0 Å². The summed E-state index contributed by atoms with van der Waals surface area (Å²) in [5, 5.41) is 17.6. The standard InChI is InChI=1S/C20H16N4O4S/c1-11(25)23-20(17-8-9-18(29-17)24(26)27)28-19(22-23)14-10-16(12-6-7-12)21-15-5-3-2-4-13(14)15/h2-5,8-10,12,20H,6-7H2,1H3. The van der Waals surface area contributed by atoms with Crippen LogP contribution in [0.15, 0.2) is 47.6 Å². The minimum Gasteiger partial charge on any atom is -0.445 e. The molecule has 0 bridgehead atoms. The second-order valence-electron chi connectivity index (χ2n) is 7.06. The normalized spacial score (nSPS) is 18.6. The van der Waals surface area contributed by atoms with Crippen molar-refractivity contribution in [3.05, 3.63) is 68.7 Å². The zero-order chi connectivity index (χ0) is 20.1. The number of fused-ring (bicyclic) bond motifs is 1. The van der Waals surface area contributed by atoms with Crippen LogP contribution < -0.4 is 0 Å². The number of carbonyl (C=O) groups is 1. The first-order valence-corrected chi connectivity index (χ1v) is 10.0. The Bertz CT molecular complexity index is 1180. The summed E-state index contributed by atoms with van der Waals surface area (Å²) < 4.78 is 6.08. The van der Waals surface area contributed by atoms with E-state index in [-0.39, 0.29) is 10.9 Å². The predicted molar refractivity (Wildman–Crippen MR) is 108 cm³/mol. The van der Waals surface area contributed by atoms with E-state index in [2.05, 4.69) is 5.10 Å². The molecule has 8 nitrogen and oxygen atoms in total. The maximum absolute atomic E-state index is 12.2. The van der Waals surface area contributed by atoms with Gasteiger partial charge in [0.15, 0.2) is 0 Å². The molecule has 0 saturated heterocycles. The van der Waals surface area contributed by atoms with E-state index in [1.54, 1.807) is 6.07 Å². The van der Waals surface area contributed by atoms with E-state index in [0.717, 1.165) is 46.3 Å². The van der Waals surface area contributed by atoms with E-state index in [4.69, 9.17) is 9.72 Å². The zero-order valence-electron chi connectivity index (χ0n) is 15.4. The van der Waals surface area contributed by atoms with Crippen molar-refractivity contribution in [1.29, 1.82) is 0 Å². The minimum absolute atomic E-state index is 0.00840. The lowest BCUT2D eigenvalue weighted by Crippen LogP contribution is -2.24. The molecule has 3 heterocycles. The van der Waals surface area contributed by atoms with Crippen LogP contribution in [0, 0.1) is 10.1 Å². The number of nitro groups is 1. The summed E-state index contributed by atoms with van der Waals surface area (Å²) in [7, 11) is 0. The molecule has 0 radical (unpaired) electrons. The molecule has 0 spiro atoms. The molecule has 9 heteroatoms. The van der Waals surface area contributed by atoms with Gasteiger partial charge < -0.3 is 4.74 Å². The highest BCUT2D eigenvalue weighted by molar-refractivity contribution is 7.15. The molecule has 1 fully saturated rings. The van der Waals surface area contributed by atoms with Gasteiger partial charge in [-0.3, -0.25) is 19.9 Å². The molecule has 1 aliphatic heterocycles. The molecule has 2 aromatic heterocycles. The number of hydrazone groups is 1. The van der Waals surface area contributed by atoms with Gasteiger partial charge in [0.25, 0.3) is 0 Å². The number of nitrogens with zero attached hydrogens (tertiary/aromatic N) is 4. The van der Waals surface area contributed by atoms with E-state index in [1.165, 1.54) is 18.0 Å². The van der Waals surface area contributed by atoms with E-state index in [1.807, 2.05) is 30.3 Å². The van der Waals surface area contributed by atoms with Gasteiger partial charge in [0, 0.05) is 35.6 Å². The average molecular weight is 408 g/mol. The largest absolute Gasteiger partial charge is 0.445 e. The van der Waals surface area contributed by atoms with Crippen LogP contribution in [0.4, 0.5) is 5.00 Å². The summed E-state index contributed by atoms with van der Waals surface area (Å²) in [5.74, 6) is 0.462. The SMILES string of the molecule is CC(=O)N1N=C(c2cc(C3CC3)nc3ccccc23)OC1c1ccc([N+](=O)[O-])s1. The van der Waals surface area contributed by atoms with Crippen molar-refractivity contribution < 1.29 is 14.5 Å². The summed E-state index contributed by atoms with van der Waals surface area (Å²) in [6.07, 6.45) is 1.40. The van der Waals surface area contributed by atoms with Crippen molar-refractivity contribution >= 4 is 39.0 Å². The van der Waals surface area contributed by atoms with Crippen LogP contribution in [0.1, 0.15) is 48.0 Å². The Balaban J connectivity index is 1.58. The average Bonchev–Trinajstić information content (AvgIpc) is 3.26. The molecule has 0 N–H and O–H groups in total. The van der Waals surface area contributed by atoms with Gasteiger partial charge in [-0.25, -0.2) is 0 Å². The van der Waals surface area contributed by atoms with E-state index in [9.17, 15) is 14.9 Å². The Hall–Kier alpha value is -3.33. The summed E-state index contributed by atoms with van der Waals surface area (Å²) in [6, 6.07) is 12.7. The van der Waals surface area contributed by atoms with E-state index in [0.29, 0.717) is 16.7 Å². The number of para-hydroxylation sites is 1. The Morgan fingerprint density at radius 3 is 2.76 bits per heavy atom.